The van der Waals surface area contributed by atoms with Crippen molar-refractivity contribution in [3.8, 4) is 11.5 Å². The van der Waals surface area contributed by atoms with E-state index in [2.05, 4.69) is 10.6 Å². The molecular formula is C18H21FN2O3. The van der Waals surface area contributed by atoms with Crippen molar-refractivity contribution in [1.82, 2.24) is 5.32 Å². The number of ether oxygens (including phenoxy) is 2. The summed E-state index contributed by atoms with van der Waals surface area (Å²) in [5.74, 6) is 0.921. The van der Waals surface area contributed by atoms with Crippen LogP contribution in [0.25, 0.3) is 0 Å². The Morgan fingerprint density at radius 2 is 1.83 bits per heavy atom. The summed E-state index contributed by atoms with van der Waals surface area (Å²) in [6.07, 6.45) is 0.635. The molecule has 0 fully saturated rings. The van der Waals surface area contributed by atoms with Crippen LogP contribution in [0.5, 0.6) is 11.5 Å². The van der Waals surface area contributed by atoms with Crippen LogP contribution in [-0.2, 0) is 6.42 Å². The fourth-order valence-corrected chi connectivity index (χ4v) is 2.25. The molecule has 2 amide bonds. The zero-order valence-corrected chi connectivity index (χ0v) is 14.0. The zero-order valence-electron chi connectivity index (χ0n) is 14.0. The van der Waals surface area contributed by atoms with Crippen LogP contribution in [0.3, 0.4) is 0 Å². The predicted molar refractivity (Wildman–Crippen MR) is 91.4 cm³/mol. The molecule has 0 unspecified atom stereocenters. The number of benzene rings is 2. The van der Waals surface area contributed by atoms with Gasteiger partial charge in [-0.05, 0) is 48.7 Å². The SMILES string of the molecule is COc1ccc(CCNC(=O)Nc2cc(F)ccc2C)cc1OC. The average molecular weight is 332 g/mol. The van der Waals surface area contributed by atoms with Gasteiger partial charge in [-0.3, -0.25) is 0 Å². The first-order valence-electron chi connectivity index (χ1n) is 7.55. The summed E-state index contributed by atoms with van der Waals surface area (Å²) in [6.45, 7) is 2.24. The van der Waals surface area contributed by atoms with E-state index in [4.69, 9.17) is 9.47 Å². The quantitative estimate of drug-likeness (QED) is 0.851. The van der Waals surface area contributed by atoms with Gasteiger partial charge in [0.15, 0.2) is 11.5 Å². The van der Waals surface area contributed by atoms with Gasteiger partial charge < -0.3 is 20.1 Å². The summed E-state index contributed by atoms with van der Waals surface area (Å²) in [6, 6.07) is 9.51. The molecule has 2 aromatic carbocycles. The fraction of sp³-hybridized carbons (Fsp3) is 0.278. The number of anilines is 1. The van der Waals surface area contributed by atoms with Crippen LogP contribution in [0.15, 0.2) is 36.4 Å². The van der Waals surface area contributed by atoms with Crippen molar-refractivity contribution in [3.05, 3.63) is 53.3 Å². The van der Waals surface area contributed by atoms with E-state index in [0.717, 1.165) is 11.1 Å². The molecule has 0 saturated heterocycles. The summed E-state index contributed by atoms with van der Waals surface area (Å²) in [5.41, 5.74) is 2.26. The predicted octanol–water partition coefficient (Wildman–Crippen LogP) is 3.52. The molecule has 0 aromatic heterocycles. The van der Waals surface area contributed by atoms with Crippen LogP contribution in [-0.4, -0.2) is 26.8 Å². The number of halogens is 1. The van der Waals surface area contributed by atoms with Gasteiger partial charge in [-0.1, -0.05) is 12.1 Å². The van der Waals surface area contributed by atoms with Crippen molar-refractivity contribution in [3.63, 3.8) is 0 Å². The van der Waals surface area contributed by atoms with Crippen molar-refractivity contribution < 1.29 is 18.7 Å². The molecule has 2 N–H and O–H groups in total. The molecule has 0 aliphatic heterocycles. The summed E-state index contributed by atoms with van der Waals surface area (Å²) < 4.78 is 23.6. The molecular weight excluding hydrogens is 311 g/mol. The number of carbonyl (C=O) groups is 1. The molecule has 0 heterocycles. The first kappa shape index (κ1) is 17.6. The summed E-state index contributed by atoms with van der Waals surface area (Å²) in [4.78, 5) is 11.9. The first-order chi connectivity index (χ1) is 11.5. The summed E-state index contributed by atoms with van der Waals surface area (Å²) >= 11 is 0. The Bertz CT molecular complexity index is 719. The molecule has 2 rings (SSSR count). The minimum Gasteiger partial charge on any atom is -0.493 e. The smallest absolute Gasteiger partial charge is 0.319 e. The van der Waals surface area contributed by atoms with Gasteiger partial charge in [-0.2, -0.15) is 0 Å². The highest BCUT2D eigenvalue weighted by Gasteiger charge is 2.07. The molecule has 0 aliphatic rings. The number of nitrogens with one attached hydrogen (secondary N) is 2. The Labute approximate surface area is 140 Å². The van der Waals surface area contributed by atoms with Gasteiger partial charge in [-0.15, -0.1) is 0 Å². The maximum atomic E-state index is 13.2. The average Bonchev–Trinajstić information content (AvgIpc) is 2.58. The number of amides is 2. The van der Waals surface area contributed by atoms with Crippen molar-refractivity contribution in [2.45, 2.75) is 13.3 Å². The molecule has 0 aliphatic carbocycles. The van der Waals surface area contributed by atoms with Crippen molar-refractivity contribution in [2.75, 3.05) is 26.1 Å². The molecule has 6 heteroatoms. The topological polar surface area (TPSA) is 59.6 Å². The number of hydrogen-bond acceptors (Lipinski definition) is 3. The minimum atomic E-state index is -0.388. The van der Waals surface area contributed by atoms with Crippen LogP contribution < -0.4 is 20.1 Å². The van der Waals surface area contributed by atoms with E-state index in [9.17, 15) is 9.18 Å². The highest BCUT2D eigenvalue weighted by Crippen LogP contribution is 2.27. The number of carbonyl (C=O) groups excluding carboxylic acids is 1. The summed E-state index contributed by atoms with van der Waals surface area (Å²) in [7, 11) is 3.16. The lowest BCUT2D eigenvalue weighted by Gasteiger charge is -2.11. The lowest BCUT2D eigenvalue weighted by molar-refractivity contribution is 0.252. The van der Waals surface area contributed by atoms with Gasteiger partial charge in [0.2, 0.25) is 0 Å². The highest BCUT2D eigenvalue weighted by molar-refractivity contribution is 5.90. The van der Waals surface area contributed by atoms with E-state index >= 15 is 0 Å². The second-order valence-electron chi connectivity index (χ2n) is 5.28. The van der Waals surface area contributed by atoms with Crippen LogP contribution >= 0.6 is 0 Å². The van der Waals surface area contributed by atoms with E-state index in [1.54, 1.807) is 27.2 Å². The van der Waals surface area contributed by atoms with Crippen molar-refractivity contribution >= 4 is 11.7 Å². The molecule has 128 valence electrons. The maximum Gasteiger partial charge on any atom is 0.319 e. The van der Waals surface area contributed by atoms with Gasteiger partial charge in [0.05, 0.1) is 14.2 Å². The zero-order chi connectivity index (χ0) is 17.5. The number of hydrogen-bond donors (Lipinski definition) is 2. The molecule has 2 aromatic rings. The highest BCUT2D eigenvalue weighted by atomic mass is 19.1. The third kappa shape index (κ3) is 4.62. The normalized spacial score (nSPS) is 10.2. The van der Waals surface area contributed by atoms with Gasteiger partial charge in [0.1, 0.15) is 5.82 Å². The van der Waals surface area contributed by atoms with Crippen LogP contribution in [0.2, 0.25) is 0 Å². The van der Waals surface area contributed by atoms with Crippen LogP contribution in [0.4, 0.5) is 14.9 Å². The van der Waals surface area contributed by atoms with E-state index in [0.29, 0.717) is 30.2 Å². The number of urea groups is 1. The third-order valence-electron chi connectivity index (χ3n) is 3.60. The second kappa shape index (κ2) is 8.19. The number of rotatable bonds is 6. The molecule has 0 radical (unpaired) electrons. The molecule has 0 bridgehead atoms. The minimum absolute atomic E-state index is 0.371. The van der Waals surface area contributed by atoms with E-state index in [1.807, 2.05) is 18.2 Å². The molecule has 0 atom stereocenters. The second-order valence-corrected chi connectivity index (χ2v) is 5.28. The van der Waals surface area contributed by atoms with Gasteiger partial charge in [0.25, 0.3) is 0 Å². The van der Waals surface area contributed by atoms with E-state index < -0.39 is 0 Å². The molecule has 5 nitrogen and oxygen atoms in total. The Kier molecular flexibility index (Phi) is 6.01. The number of methoxy groups -OCH3 is 2. The lowest BCUT2D eigenvalue weighted by atomic mass is 10.1. The van der Waals surface area contributed by atoms with E-state index in [1.165, 1.54) is 12.1 Å². The lowest BCUT2D eigenvalue weighted by Crippen LogP contribution is -2.30. The molecule has 0 saturated carbocycles. The maximum absolute atomic E-state index is 13.2. The first-order valence-corrected chi connectivity index (χ1v) is 7.55. The van der Waals surface area contributed by atoms with Gasteiger partial charge in [0, 0.05) is 12.2 Å². The molecule has 0 spiro atoms. The Balaban J connectivity index is 1.87. The Morgan fingerprint density at radius 1 is 1.08 bits per heavy atom. The monoisotopic (exact) mass is 332 g/mol. The molecule has 24 heavy (non-hydrogen) atoms. The Morgan fingerprint density at radius 3 is 2.54 bits per heavy atom. The van der Waals surface area contributed by atoms with Crippen molar-refractivity contribution in [2.24, 2.45) is 0 Å². The summed E-state index contributed by atoms with van der Waals surface area (Å²) in [5, 5.41) is 5.39. The Hall–Kier alpha value is -2.76. The van der Waals surface area contributed by atoms with Gasteiger partial charge >= 0.3 is 6.03 Å². The van der Waals surface area contributed by atoms with Crippen molar-refractivity contribution in [1.29, 1.82) is 0 Å². The van der Waals surface area contributed by atoms with E-state index in [-0.39, 0.29) is 11.8 Å². The van der Waals surface area contributed by atoms with Gasteiger partial charge in [-0.25, -0.2) is 9.18 Å². The number of aryl methyl sites for hydroxylation is 1. The third-order valence-corrected chi connectivity index (χ3v) is 3.60. The standard InChI is InChI=1S/C18H21FN2O3/c1-12-4-6-14(19)11-15(12)21-18(22)20-9-8-13-5-7-16(23-2)17(10-13)24-3/h4-7,10-11H,8-9H2,1-3H3,(H2,20,21,22). The van der Waals surface area contributed by atoms with Crippen LogP contribution in [0.1, 0.15) is 11.1 Å². The fourth-order valence-electron chi connectivity index (χ4n) is 2.25. The largest absolute Gasteiger partial charge is 0.493 e. The van der Waals surface area contributed by atoms with Crippen LogP contribution in [0, 0.1) is 12.7 Å².